The van der Waals surface area contributed by atoms with Gasteiger partial charge in [-0.1, -0.05) is 11.3 Å². The van der Waals surface area contributed by atoms with Gasteiger partial charge in [0.15, 0.2) is 16.6 Å². The molecule has 2 heterocycles. The van der Waals surface area contributed by atoms with E-state index in [-0.39, 0.29) is 11.5 Å². The summed E-state index contributed by atoms with van der Waals surface area (Å²) >= 11 is 6.23. The van der Waals surface area contributed by atoms with Gasteiger partial charge < -0.3 is 9.64 Å². The molecule has 0 aliphatic rings. The van der Waals surface area contributed by atoms with E-state index in [4.69, 9.17) is 0 Å². The summed E-state index contributed by atoms with van der Waals surface area (Å²) in [6, 6.07) is 2.03. The van der Waals surface area contributed by atoms with Crippen LogP contribution in [0.15, 0.2) is 15.2 Å². The Bertz CT molecular complexity index is 681. The third kappa shape index (κ3) is 3.69. The lowest BCUT2D eigenvalue weighted by atomic mass is 10.3. The van der Waals surface area contributed by atoms with E-state index in [2.05, 4.69) is 25.7 Å². The van der Waals surface area contributed by atoms with Crippen LogP contribution in [0.4, 0.5) is 5.13 Å². The van der Waals surface area contributed by atoms with Crippen LogP contribution >= 0.6 is 38.6 Å². The molecule has 5 nitrogen and oxygen atoms in total. The number of Topliss-reactive ketones (excluding diaryl/α,β-unsaturated/α-hetero) is 1. The lowest BCUT2D eigenvalue weighted by molar-refractivity contribution is 0.0591. The van der Waals surface area contributed by atoms with Crippen molar-refractivity contribution in [3.63, 3.8) is 0 Å². The Balaban J connectivity index is 2.27. The van der Waals surface area contributed by atoms with Crippen LogP contribution in [0.5, 0.6) is 0 Å². The Morgan fingerprint density at radius 1 is 1.48 bits per heavy atom. The number of thiophene rings is 1. The fourth-order valence-corrected chi connectivity index (χ4v) is 3.83. The van der Waals surface area contributed by atoms with Crippen molar-refractivity contribution >= 4 is 55.5 Å². The average molecular weight is 389 g/mol. The molecule has 8 heteroatoms. The number of carbonyl (C=O) groups is 2. The highest BCUT2D eigenvalue weighted by Crippen LogP contribution is 2.29. The fourth-order valence-electron chi connectivity index (χ4n) is 1.72. The van der Waals surface area contributed by atoms with E-state index in [0.717, 1.165) is 9.35 Å². The van der Waals surface area contributed by atoms with Gasteiger partial charge in [-0.25, -0.2) is 9.78 Å². The Labute approximate surface area is 138 Å². The summed E-state index contributed by atoms with van der Waals surface area (Å²) < 4.78 is 5.73. The molecule has 0 N–H and O–H groups in total. The second-order valence-electron chi connectivity index (χ2n) is 4.34. The Kier molecular flexibility index (Phi) is 5.13. The molecule has 21 heavy (non-hydrogen) atoms. The summed E-state index contributed by atoms with van der Waals surface area (Å²) in [4.78, 5) is 29.8. The minimum atomic E-state index is -0.589. The predicted molar refractivity (Wildman–Crippen MR) is 87.6 cm³/mol. The number of anilines is 1. The van der Waals surface area contributed by atoms with Gasteiger partial charge >= 0.3 is 5.97 Å². The molecule has 2 aromatic heterocycles. The normalized spacial score (nSPS) is 10.5. The standard InChI is InChI=1S/C13H13BrN2O3S2/c1-7(17)11-10(12(18)19-3)15-13(21-11)16(2)5-8-4-9(14)20-6-8/h4,6H,5H2,1-3H3. The van der Waals surface area contributed by atoms with Gasteiger partial charge in [0.1, 0.15) is 4.88 Å². The SMILES string of the molecule is COC(=O)c1nc(N(C)Cc2csc(Br)c2)sc1C(C)=O. The molecule has 0 bridgehead atoms. The number of ketones is 1. The van der Waals surface area contributed by atoms with Gasteiger partial charge in [0.25, 0.3) is 0 Å². The molecule has 0 fully saturated rings. The molecule has 0 aliphatic carbocycles. The van der Waals surface area contributed by atoms with Crippen molar-refractivity contribution in [2.75, 3.05) is 19.1 Å². The first-order valence-electron chi connectivity index (χ1n) is 5.96. The van der Waals surface area contributed by atoms with Crippen LogP contribution in [-0.4, -0.2) is 30.9 Å². The van der Waals surface area contributed by atoms with Crippen molar-refractivity contribution in [3.8, 4) is 0 Å². The number of methoxy groups -OCH3 is 1. The maximum atomic E-state index is 11.7. The molecule has 2 rings (SSSR count). The number of nitrogens with zero attached hydrogens (tertiary/aromatic N) is 2. The second kappa shape index (κ2) is 6.67. The summed E-state index contributed by atoms with van der Waals surface area (Å²) in [5.74, 6) is -0.778. The van der Waals surface area contributed by atoms with Crippen molar-refractivity contribution in [2.24, 2.45) is 0 Å². The number of halogens is 1. The lowest BCUT2D eigenvalue weighted by Crippen LogP contribution is -2.16. The number of rotatable bonds is 5. The van der Waals surface area contributed by atoms with Crippen LogP contribution in [0.2, 0.25) is 0 Å². The lowest BCUT2D eigenvalue weighted by Gasteiger charge is -2.14. The van der Waals surface area contributed by atoms with E-state index >= 15 is 0 Å². The maximum Gasteiger partial charge on any atom is 0.358 e. The molecule has 112 valence electrons. The van der Waals surface area contributed by atoms with E-state index in [1.165, 1.54) is 25.4 Å². The zero-order chi connectivity index (χ0) is 15.6. The van der Waals surface area contributed by atoms with Gasteiger partial charge in [-0.3, -0.25) is 4.79 Å². The number of hydrogen-bond acceptors (Lipinski definition) is 7. The highest BCUT2D eigenvalue weighted by molar-refractivity contribution is 9.11. The minimum Gasteiger partial charge on any atom is -0.464 e. The first kappa shape index (κ1) is 16.1. The van der Waals surface area contributed by atoms with E-state index in [0.29, 0.717) is 16.6 Å². The topological polar surface area (TPSA) is 59.5 Å². The molecule has 0 aliphatic heterocycles. The summed E-state index contributed by atoms with van der Waals surface area (Å²) in [6.07, 6.45) is 0. The number of hydrogen-bond donors (Lipinski definition) is 0. The molecule has 2 aromatic rings. The van der Waals surface area contributed by atoms with Gasteiger partial charge in [-0.2, -0.15) is 0 Å². The Morgan fingerprint density at radius 2 is 2.19 bits per heavy atom. The van der Waals surface area contributed by atoms with Crippen molar-refractivity contribution in [1.29, 1.82) is 0 Å². The van der Waals surface area contributed by atoms with Crippen molar-refractivity contribution in [1.82, 2.24) is 4.98 Å². The third-order valence-electron chi connectivity index (χ3n) is 2.68. The highest BCUT2D eigenvalue weighted by atomic mass is 79.9. The molecule has 0 saturated heterocycles. The number of thiazole rings is 1. The third-order valence-corrected chi connectivity index (χ3v) is 5.51. The zero-order valence-corrected chi connectivity index (χ0v) is 14.9. The van der Waals surface area contributed by atoms with Crippen molar-refractivity contribution in [2.45, 2.75) is 13.5 Å². The highest BCUT2D eigenvalue weighted by Gasteiger charge is 2.23. The minimum absolute atomic E-state index is 0.0864. The molecular formula is C13H13BrN2O3S2. The Morgan fingerprint density at radius 3 is 2.71 bits per heavy atom. The van der Waals surface area contributed by atoms with Crippen molar-refractivity contribution < 1.29 is 14.3 Å². The van der Waals surface area contributed by atoms with Crippen LogP contribution in [0.25, 0.3) is 0 Å². The quantitative estimate of drug-likeness (QED) is 0.578. The average Bonchev–Trinajstić information content (AvgIpc) is 3.04. The maximum absolute atomic E-state index is 11.7. The number of esters is 1. The summed E-state index contributed by atoms with van der Waals surface area (Å²) in [5.41, 5.74) is 1.22. The molecule has 0 aromatic carbocycles. The van der Waals surface area contributed by atoms with E-state index < -0.39 is 5.97 Å². The molecule has 0 saturated carbocycles. The van der Waals surface area contributed by atoms with Crippen LogP contribution in [0.1, 0.15) is 32.6 Å². The van der Waals surface area contributed by atoms with Crippen LogP contribution in [0, 0.1) is 0 Å². The molecule has 0 atom stereocenters. The van der Waals surface area contributed by atoms with Gasteiger partial charge in [-0.05, 0) is 32.9 Å². The second-order valence-corrected chi connectivity index (χ2v) is 7.61. The van der Waals surface area contributed by atoms with E-state index in [1.54, 1.807) is 11.3 Å². The van der Waals surface area contributed by atoms with Crippen LogP contribution in [0.3, 0.4) is 0 Å². The van der Waals surface area contributed by atoms with Gasteiger partial charge in [0, 0.05) is 20.5 Å². The molecule has 0 amide bonds. The summed E-state index contributed by atoms with van der Waals surface area (Å²) in [7, 11) is 3.15. The van der Waals surface area contributed by atoms with Gasteiger partial charge in [0.2, 0.25) is 0 Å². The van der Waals surface area contributed by atoms with E-state index in [9.17, 15) is 9.59 Å². The number of carbonyl (C=O) groups excluding carboxylic acids is 2. The summed E-state index contributed by atoms with van der Waals surface area (Å²) in [5, 5.41) is 2.66. The molecule has 0 radical (unpaired) electrons. The molecule has 0 spiro atoms. The monoisotopic (exact) mass is 388 g/mol. The summed E-state index contributed by atoms with van der Waals surface area (Å²) in [6.45, 7) is 2.06. The fraction of sp³-hybridized carbons (Fsp3) is 0.308. The van der Waals surface area contributed by atoms with Crippen LogP contribution in [-0.2, 0) is 11.3 Å². The molecular weight excluding hydrogens is 376 g/mol. The van der Waals surface area contributed by atoms with Gasteiger partial charge in [-0.15, -0.1) is 11.3 Å². The van der Waals surface area contributed by atoms with Crippen molar-refractivity contribution in [3.05, 3.63) is 31.4 Å². The predicted octanol–water partition coefficient (Wildman–Crippen LogP) is 3.59. The Hall–Kier alpha value is -1.25. The first-order chi connectivity index (χ1) is 9.92. The first-order valence-corrected chi connectivity index (χ1v) is 8.45. The van der Waals surface area contributed by atoms with Crippen LogP contribution < -0.4 is 4.90 Å². The smallest absolute Gasteiger partial charge is 0.358 e. The van der Waals surface area contributed by atoms with Gasteiger partial charge in [0.05, 0.1) is 10.9 Å². The number of ether oxygens (including phenoxy) is 1. The van der Waals surface area contributed by atoms with E-state index in [1.807, 2.05) is 23.4 Å². The largest absolute Gasteiger partial charge is 0.464 e. The number of aromatic nitrogens is 1. The zero-order valence-electron chi connectivity index (χ0n) is 11.7. The molecule has 0 unspecified atom stereocenters.